The van der Waals surface area contributed by atoms with Crippen LogP contribution < -0.4 is 9.47 Å². The van der Waals surface area contributed by atoms with Crippen LogP contribution in [0.2, 0.25) is 0 Å². The molecule has 0 saturated carbocycles. The molecule has 0 amide bonds. The first-order valence-corrected chi connectivity index (χ1v) is 5.52. The number of methoxy groups -OCH3 is 2. The maximum Gasteiger partial charge on any atom is 0.380 e. The maximum absolute atomic E-state index is 11.9. The van der Waals surface area contributed by atoms with Crippen molar-refractivity contribution in [3.05, 3.63) is 30.4 Å². The van der Waals surface area contributed by atoms with Gasteiger partial charge in [0.1, 0.15) is 23.7 Å². The molecule has 0 aromatic heterocycles. The van der Waals surface area contributed by atoms with E-state index in [1.165, 1.54) is 20.8 Å². The van der Waals surface area contributed by atoms with E-state index in [4.69, 9.17) is 14.4 Å². The van der Waals surface area contributed by atoms with E-state index in [1.807, 2.05) is 13.8 Å². The second-order valence-electron chi connectivity index (χ2n) is 3.88. The Morgan fingerprint density at radius 2 is 1.72 bits per heavy atom. The summed E-state index contributed by atoms with van der Waals surface area (Å²) in [6.45, 7) is 5.22. The molecule has 0 saturated heterocycles. The molecule has 0 fully saturated rings. The second kappa shape index (κ2) is 6.86. The first kappa shape index (κ1) is 14.3. The summed E-state index contributed by atoms with van der Waals surface area (Å²) in [5.41, 5.74) is 0.194. The molecule has 18 heavy (non-hydrogen) atoms. The predicted octanol–water partition coefficient (Wildman–Crippen LogP) is 2.61. The fraction of sp³-hybridized carbons (Fsp3) is 0.385. The highest BCUT2D eigenvalue weighted by molar-refractivity contribution is 5.95. The van der Waals surface area contributed by atoms with Crippen molar-refractivity contribution in [2.24, 2.45) is 5.92 Å². The summed E-state index contributed by atoms with van der Waals surface area (Å²) in [6.07, 6.45) is 0. The zero-order valence-corrected chi connectivity index (χ0v) is 10.9. The van der Waals surface area contributed by atoms with Gasteiger partial charge in [-0.05, 0) is 18.1 Å². The van der Waals surface area contributed by atoms with Crippen molar-refractivity contribution in [3.8, 4) is 11.5 Å². The summed E-state index contributed by atoms with van der Waals surface area (Å²) in [6, 6.07) is 5.01. The molecule has 0 bridgehead atoms. The van der Waals surface area contributed by atoms with Crippen molar-refractivity contribution >= 4 is 5.97 Å². The van der Waals surface area contributed by atoms with E-state index in [1.54, 1.807) is 18.2 Å². The molecule has 1 aromatic carbocycles. The number of carbonyl (C=O) groups is 1. The van der Waals surface area contributed by atoms with E-state index in [0.717, 1.165) is 0 Å². The lowest BCUT2D eigenvalue weighted by atomic mass is 10.2. The van der Waals surface area contributed by atoms with Crippen molar-refractivity contribution in [1.82, 2.24) is 0 Å². The van der Waals surface area contributed by atoms with Gasteiger partial charge in [-0.2, -0.15) is 4.89 Å². The average molecular weight is 253 g/mol. The fourth-order valence-corrected chi connectivity index (χ4v) is 1.28. The minimum absolute atomic E-state index is 0.150. The van der Waals surface area contributed by atoms with Gasteiger partial charge in [-0.3, -0.25) is 4.89 Å². The van der Waals surface area contributed by atoms with Gasteiger partial charge in [0, 0.05) is 0 Å². The molecule has 1 rings (SSSR count). The molecule has 0 unspecified atom stereocenters. The fourth-order valence-electron chi connectivity index (χ4n) is 1.28. The van der Waals surface area contributed by atoms with Gasteiger partial charge < -0.3 is 9.47 Å². The molecule has 99 valence electrons. The number of hydrogen-bond donors (Lipinski definition) is 0. The molecule has 0 N–H and O–H groups in total. The highest BCUT2D eigenvalue weighted by Gasteiger charge is 2.20. The Bertz CT molecular complexity index is 378. The van der Waals surface area contributed by atoms with E-state index in [9.17, 15) is 4.79 Å². The van der Waals surface area contributed by atoms with E-state index in [-0.39, 0.29) is 11.5 Å². The Morgan fingerprint density at radius 1 is 1.17 bits per heavy atom. The van der Waals surface area contributed by atoms with Gasteiger partial charge in [0.2, 0.25) is 0 Å². The van der Waals surface area contributed by atoms with Gasteiger partial charge in [0.25, 0.3) is 0 Å². The number of ether oxygens (including phenoxy) is 2. The van der Waals surface area contributed by atoms with Crippen LogP contribution in [-0.2, 0) is 9.78 Å². The molecule has 1 aromatic rings. The maximum atomic E-state index is 11.9. The van der Waals surface area contributed by atoms with Gasteiger partial charge >= 0.3 is 5.97 Å². The summed E-state index contributed by atoms with van der Waals surface area (Å²) in [5, 5.41) is 0. The summed E-state index contributed by atoms with van der Waals surface area (Å²) in [4.78, 5) is 21.3. The van der Waals surface area contributed by atoms with Crippen molar-refractivity contribution in [2.45, 2.75) is 13.8 Å². The summed E-state index contributed by atoms with van der Waals surface area (Å²) < 4.78 is 10.2. The lowest BCUT2D eigenvalue weighted by molar-refractivity contribution is -0.217. The molecule has 0 spiro atoms. The van der Waals surface area contributed by atoms with Gasteiger partial charge in [0.05, 0.1) is 14.2 Å². The lowest BCUT2D eigenvalue weighted by Gasteiger charge is -2.11. The van der Waals surface area contributed by atoms with Crippen LogP contribution in [0.3, 0.4) is 0 Å². The normalized spacial score (nSPS) is 10.3. The van der Waals surface area contributed by atoms with E-state index >= 15 is 0 Å². The van der Waals surface area contributed by atoms with Crippen LogP contribution in [0.5, 0.6) is 11.5 Å². The van der Waals surface area contributed by atoms with Crippen LogP contribution in [0, 0.1) is 12.5 Å². The minimum atomic E-state index is -0.666. The first-order valence-electron chi connectivity index (χ1n) is 5.52. The molecular formula is C13H17O5. The number of carbonyl (C=O) groups excluding carboxylic acids is 1. The van der Waals surface area contributed by atoms with Gasteiger partial charge in [-0.1, -0.05) is 19.9 Å². The molecule has 0 heterocycles. The van der Waals surface area contributed by atoms with Crippen molar-refractivity contribution in [2.75, 3.05) is 14.2 Å². The number of rotatable bonds is 6. The van der Waals surface area contributed by atoms with E-state index in [0.29, 0.717) is 11.5 Å². The third-order valence-electron chi connectivity index (χ3n) is 2.08. The summed E-state index contributed by atoms with van der Waals surface area (Å²) in [7, 11) is 2.93. The minimum Gasteiger partial charge on any atom is -0.496 e. The SMILES string of the molecule is COc1cccc(OC)c1C(=O)OO[CH]C(C)C. The van der Waals surface area contributed by atoms with Crippen LogP contribution in [0.1, 0.15) is 24.2 Å². The van der Waals surface area contributed by atoms with Crippen LogP contribution in [0.4, 0.5) is 0 Å². The standard InChI is InChI=1S/C13H17O5/c1-9(2)8-17-18-13(14)12-10(15-3)6-5-7-11(12)16-4/h5-9H,1-4H3. The number of benzene rings is 1. The third kappa shape index (κ3) is 3.63. The molecule has 0 aliphatic carbocycles. The highest BCUT2D eigenvalue weighted by Crippen LogP contribution is 2.29. The quantitative estimate of drug-likeness (QED) is 0.576. The molecule has 1 radical (unpaired) electrons. The Morgan fingerprint density at radius 3 is 2.17 bits per heavy atom. The zero-order valence-electron chi connectivity index (χ0n) is 10.9. The monoisotopic (exact) mass is 253 g/mol. The Balaban J connectivity index is 2.83. The molecule has 5 heteroatoms. The van der Waals surface area contributed by atoms with Crippen LogP contribution in [0.15, 0.2) is 18.2 Å². The molecular weight excluding hydrogens is 236 g/mol. The van der Waals surface area contributed by atoms with Crippen molar-refractivity contribution < 1.29 is 24.0 Å². The summed E-state index contributed by atoms with van der Waals surface area (Å²) in [5.74, 6) is 0.221. The topological polar surface area (TPSA) is 54.0 Å². The van der Waals surface area contributed by atoms with Gasteiger partial charge in [0.15, 0.2) is 0 Å². The van der Waals surface area contributed by atoms with Crippen LogP contribution in [-0.4, -0.2) is 20.2 Å². The number of hydrogen-bond acceptors (Lipinski definition) is 5. The van der Waals surface area contributed by atoms with E-state index in [2.05, 4.69) is 4.89 Å². The van der Waals surface area contributed by atoms with Crippen LogP contribution in [0.25, 0.3) is 0 Å². The predicted molar refractivity (Wildman–Crippen MR) is 65.2 cm³/mol. The first-order chi connectivity index (χ1) is 8.60. The van der Waals surface area contributed by atoms with Crippen molar-refractivity contribution in [1.29, 1.82) is 0 Å². The Hall–Kier alpha value is -1.75. The molecule has 5 nitrogen and oxygen atoms in total. The summed E-state index contributed by atoms with van der Waals surface area (Å²) >= 11 is 0. The Labute approximate surface area is 107 Å². The van der Waals surface area contributed by atoms with Crippen LogP contribution >= 0.6 is 0 Å². The van der Waals surface area contributed by atoms with Gasteiger partial charge in [-0.15, -0.1) is 0 Å². The van der Waals surface area contributed by atoms with Gasteiger partial charge in [-0.25, -0.2) is 4.79 Å². The second-order valence-corrected chi connectivity index (χ2v) is 3.88. The lowest BCUT2D eigenvalue weighted by Crippen LogP contribution is -2.10. The molecule has 0 aliphatic heterocycles. The molecule has 0 aliphatic rings. The van der Waals surface area contributed by atoms with Crippen molar-refractivity contribution in [3.63, 3.8) is 0 Å². The largest absolute Gasteiger partial charge is 0.496 e. The smallest absolute Gasteiger partial charge is 0.380 e. The highest BCUT2D eigenvalue weighted by atomic mass is 17.2. The average Bonchev–Trinajstić information content (AvgIpc) is 2.36. The third-order valence-corrected chi connectivity index (χ3v) is 2.08. The zero-order chi connectivity index (χ0) is 13.5. The molecule has 0 atom stereocenters. The van der Waals surface area contributed by atoms with E-state index < -0.39 is 5.97 Å². The Kier molecular flexibility index (Phi) is 5.45.